The molecule has 7 heteroatoms. The van der Waals surface area contributed by atoms with E-state index in [1.807, 2.05) is 18.2 Å². The highest BCUT2D eigenvalue weighted by Crippen LogP contribution is 2.28. The van der Waals surface area contributed by atoms with Crippen LogP contribution in [0.4, 0.5) is 5.82 Å². The average Bonchev–Trinajstić information content (AvgIpc) is 2.76. The van der Waals surface area contributed by atoms with Crippen LogP contribution in [0, 0.1) is 5.92 Å². The molecule has 6 nitrogen and oxygen atoms in total. The highest BCUT2D eigenvalue weighted by atomic mass is 35.5. The van der Waals surface area contributed by atoms with E-state index >= 15 is 0 Å². The molecular weight excluding hydrogens is 388 g/mol. The summed E-state index contributed by atoms with van der Waals surface area (Å²) in [4.78, 5) is 25.8. The molecule has 2 heterocycles. The van der Waals surface area contributed by atoms with Crippen molar-refractivity contribution in [2.75, 3.05) is 24.5 Å². The van der Waals surface area contributed by atoms with Crippen molar-refractivity contribution >= 4 is 23.3 Å². The van der Waals surface area contributed by atoms with E-state index < -0.39 is 0 Å². The first-order valence-corrected chi connectivity index (χ1v) is 10.8. The van der Waals surface area contributed by atoms with Crippen LogP contribution in [0.2, 0.25) is 5.02 Å². The van der Waals surface area contributed by atoms with E-state index in [0.717, 1.165) is 38.3 Å². The molecule has 1 amide bonds. The van der Waals surface area contributed by atoms with Crippen molar-refractivity contribution in [3.8, 4) is 11.6 Å². The second-order valence-corrected chi connectivity index (χ2v) is 8.37. The predicted octanol–water partition coefficient (Wildman–Crippen LogP) is 4.54. The maximum Gasteiger partial charge on any atom is 0.226 e. The number of anilines is 1. The summed E-state index contributed by atoms with van der Waals surface area (Å²) in [5, 5.41) is 0.662. The quantitative estimate of drug-likeness (QED) is 0.735. The fourth-order valence-electron chi connectivity index (χ4n) is 4.26. The zero-order valence-corrected chi connectivity index (χ0v) is 17.5. The maximum absolute atomic E-state index is 12.9. The van der Waals surface area contributed by atoms with Crippen molar-refractivity contribution in [1.82, 2.24) is 14.9 Å². The summed E-state index contributed by atoms with van der Waals surface area (Å²) in [7, 11) is 0. The molecule has 0 N–H and O–H groups in total. The number of carbonyl (C=O) groups is 1. The van der Waals surface area contributed by atoms with E-state index in [9.17, 15) is 4.79 Å². The molecule has 2 aromatic rings. The van der Waals surface area contributed by atoms with Gasteiger partial charge in [0, 0.05) is 42.7 Å². The first-order chi connectivity index (χ1) is 14.1. The molecule has 29 heavy (non-hydrogen) atoms. The molecule has 1 aliphatic carbocycles. The minimum atomic E-state index is 0.161. The molecule has 1 aromatic heterocycles. The van der Waals surface area contributed by atoms with Crippen LogP contribution in [0.25, 0.3) is 0 Å². The minimum absolute atomic E-state index is 0.161. The number of benzene rings is 1. The summed E-state index contributed by atoms with van der Waals surface area (Å²) in [5.41, 5.74) is 0. The Morgan fingerprint density at radius 2 is 1.86 bits per heavy atom. The van der Waals surface area contributed by atoms with Gasteiger partial charge in [0.25, 0.3) is 0 Å². The van der Waals surface area contributed by atoms with Crippen LogP contribution in [0.3, 0.4) is 0 Å². The molecule has 2 fully saturated rings. The van der Waals surface area contributed by atoms with Crippen LogP contribution in [0.15, 0.2) is 36.7 Å². The van der Waals surface area contributed by atoms with Gasteiger partial charge in [-0.25, -0.2) is 9.97 Å². The van der Waals surface area contributed by atoms with Crippen LogP contribution in [-0.4, -0.2) is 46.5 Å². The third-order valence-electron chi connectivity index (χ3n) is 5.85. The third-order valence-corrected chi connectivity index (χ3v) is 6.10. The number of hydrogen-bond acceptors (Lipinski definition) is 5. The zero-order chi connectivity index (χ0) is 20.2. The molecule has 4 rings (SSSR count). The summed E-state index contributed by atoms with van der Waals surface area (Å²) < 4.78 is 5.83. The number of aromatic nitrogens is 2. The van der Waals surface area contributed by atoms with Gasteiger partial charge < -0.3 is 14.5 Å². The summed E-state index contributed by atoms with van der Waals surface area (Å²) in [6.45, 7) is 4.38. The molecule has 154 valence electrons. The second kappa shape index (κ2) is 8.99. The van der Waals surface area contributed by atoms with Crippen LogP contribution in [0.1, 0.15) is 39.0 Å². The molecule has 0 spiro atoms. The number of carbonyl (C=O) groups excluding carboxylic acids is 1. The van der Waals surface area contributed by atoms with Gasteiger partial charge in [0.05, 0.1) is 0 Å². The van der Waals surface area contributed by atoms with Gasteiger partial charge in [-0.1, -0.05) is 30.9 Å². The van der Waals surface area contributed by atoms with E-state index in [0.29, 0.717) is 22.6 Å². The fourth-order valence-corrected chi connectivity index (χ4v) is 4.39. The number of halogens is 1. The van der Waals surface area contributed by atoms with Crippen molar-refractivity contribution < 1.29 is 9.53 Å². The molecule has 1 atom stereocenters. The lowest BCUT2D eigenvalue weighted by Crippen LogP contribution is -2.55. The molecule has 1 saturated heterocycles. The van der Waals surface area contributed by atoms with Gasteiger partial charge in [0.2, 0.25) is 11.8 Å². The van der Waals surface area contributed by atoms with Gasteiger partial charge in [-0.3, -0.25) is 4.79 Å². The Morgan fingerprint density at radius 3 is 2.59 bits per heavy atom. The third kappa shape index (κ3) is 4.81. The maximum atomic E-state index is 12.9. The van der Waals surface area contributed by atoms with Gasteiger partial charge in [-0.05, 0) is 44.0 Å². The van der Waals surface area contributed by atoms with E-state index in [-0.39, 0.29) is 12.0 Å². The SMILES string of the molecule is CC1CN(c2cc(Oc3ccc(Cl)cc3)ncn2)CCN1C(=O)C1CCCCC1. The smallest absolute Gasteiger partial charge is 0.226 e. The van der Waals surface area contributed by atoms with Crippen LogP contribution in [0.5, 0.6) is 11.6 Å². The number of nitrogens with zero attached hydrogens (tertiary/aromatic N) is 4. The van der Waals surface area contributed by atoms with Crippen molar-refractivity contribution in [3.63, 3.8) is 0 Å². The first-order valence-electron chi connectivity index (χ1n) is 10.4. The number of ether oxygens (including phenoxy) is 1. The summed E-state index contributed by atoms with van der Waals surface area (Å²) in [6, 6.07) is 9.18. The van der Waals surface area contributed by atoms with Crippen molar-refractivity contribution in [2.45, 2.75) is 45.1 Å². The average molecular weight is 415 g/mol. The second-order valence-electron chi connectivity index (χ2n) is 7.93. The Balaban J connectivity index is 1.39. The van der Waals surface area contributed by atoms with Gasteiger partial charge in [0.15, 0.2) is 0 Å². The summed E-state index contributed by atoms with van der Waals surface area (Å²) >= 11 is 5.92. The van der Waals surface area contributed by atoms with Crippen molar-refractivity contribution in [2.24, 2.45) is 5.92 Å². The summed E-state index contributed by atoms with van der Waals surface area (Å²) in [6.07, 6.45) is 7.24. The zero-order valence-electron chi connectivity index (χ0n) is 16.8. The Hall–Kier alpha value is -2.34. The van der Waals surface area contributed by atoms with Gasteiger partial charge in [-0.15, -0.1) is 0 Å². The van der Waals surface area contributed by atoms with Crippen LogP contribution >= 0.6 is 11.6 Å². The largest absolute Gasteiger partial charge is 0.439 e. The Morgan fingerprint density at radius 1 is 1.10 bits per heavy atom. The van der Waals surface area contributed by atoms with E-state index in [4.69, 9.17) is 16.3 Å². The normalized spacial score (nSPS) is 20.6. The molecule has 1 aromatic carbocycles. The molecular formula is C22H27ClN4O2. The fraction of sp³-hybridized carbons (Fsp3) is 0.500. The molecule has 2 aliphatic rings. The van der Waals surface area contributed by atoms with Crippen molar-refractivity contribution in [1.29, 1.82) is 0 Å². The predicted molar refractivity (Wildman–Crippen MR) is 114 cm³/mol. The lowest BCUT2D eigenvalue weighted by atomic mass is 9.88. The number of hydrogen-bond donors (Lipinski definition) is 0. The number of piperazine rings is 1. The Bertz CT molecular complexity index is 839. The van der Waals surface area contributed by atoms with E-state index in [2.05, 4.69) is 26.7 Å². The minimum Gasteiger partial charge on any atom is -0.439 e. The lowest BCUT2D eigenvalue weighted by Gasteiger charge is -2.42. The highest BCUT2D eigenvalue weighted by molar-refractivity contribution is 6.30. The number of rotatable bonds is 4. The molecule has 0 bridgehead atoms. The van der Waals surface area contributed by atoms with Crippen molar-refractivity contribution in [3.05, 3.63) is 41.7 Å². The monoisotopic (exact) mass is 414 g/mol. The first kappa shape index (κ1) is 20.0. The molecule has 0 radical (unpaired) electrons. The Labute approximate surface area is 176 Å². The van der Waals surface area contributed by atoms with Crippen LogP contribution < -0.4 is 9.64 Å². The van der Waals surface area contributed by atoms with E-state index in [1.54, 1.807) is 12.1 Å². The van der Waals surface area contributed by atoms with Gasteiger partial charge in [0.1, 0.15) is 17.9 Å². The Kier molecular flexibility index (Phi) is 6.19. The standard InChI is InChI=1S/C22H27ClN4O2/c1-16-14-26(11-12-27(16)22(28)17-5-3-2-4-6-17)20-13-21(25-15-24-20)29-19-9-7-18(23)8-10-19/h7-10,13,15-17H,2-6,11-12,14H2,1H3. The van der Waals surface area contributed by atoms with Crippen LogP contribution in [-0.2, 0) is 4.79 Å². The number of amides is 1. The molecule has 1 unspecified atom stereocenters. The lowest BCUT2D eigenvalue weighted by molar-refractivity contribution is -0.139. The molecule has 1 aliphatic heterocycles. The summed E-state index contributed by atoms with van der Waals surface area (Å²) in [5.74, 6) is 2.55. The van der Waals surface area contributed by atoms with E-state index in [1.165, 1.54) is 25.6 Å². The molecule has 1 saturated carbocycles. The highest BCUT2D eigenvalue weighted by Gasteiger charge is 2.32. The topological polar surface area (TPSA) is 58.6 Å². The van der Waals surface area contributed by atoms with Gasteiger partial charge >= 0.3 is 0 Å². The van der Waals surface area contributed by atoms with Gasteiger partial charge in [-0.2, -0.15) is 0 Å².